The number of carbonyl (C=O) groups is 1. The number of hydrogen-bond donors (Lipinski definition) is 3. The lowest BCUT2D eigenvalue weighted by Gasteiger charge is -2.21. The second-order valence-corrected chi connectivity index (χ2v) is 5.11. The first-order valence-corrected chi connectivity index (χ1v) is 6.62. The van der Waals surface area contributed by atoms with Crippen molar-refractivity contribution in [1.82, 2.24) is 4.90 Å². The summed E-state index contributed by atoms with van der Waals surface area (Å²) >= 11 is 0. The van der Waals surface area contributed by atoms with E-state index in [1.165, 1.54) is 29.2 Å². The lowest BCUT2D eigenvalue weighted by molar-refractivity contribution is -0.127. The van der Waals surface area contributed by atoms with E-state index in [2.05, 4.69) is 0 Å². The Balaban J connectivity index is 2.33. The summed E-state index contributed by atoms with van der Waals surface area (Å²) in [5.41, 5.74) is 0.0817. The highest BCUT2D eigenvalue weighted by Gasteiger charge is 2.33. The Kier molecular flexibility index (Phi) is 4.37. The van der Waals surface area contributed by atoms with Crippen LogP contribution in [0.3, 0.4) is 0 Å². The maximum Gasteiger partial charge on any atom is 0.259 e. The molecule has 2 rings (SSSR count). The van der Waals surface area contributed by atoms with Gasteiger partial charge in [0, 0.05) is 24.4 Å². The second kappa shape index (κ2) is 6.05. The van der Waals surface area contributed by atoms with Crippen LogP contribution < -0.4 is 0 Å². The van der Waals surface area contributed by atoms with E-state index >= 15 is 0 Å². The van der Waals surface area contributed by atoms with Crippen molar-refractivity contribution < 1.29 is 19.4 Å². The summed E-state index contributed by atoms with van der Waals surface area (Å²) < 4.78 is 12.9. The summed E-state index contributed by atoms with van der Waals surface area (Å²) in [4.78, 5) is 13.8. The summed E-state index contributed by atoms with van der Waals surface area (Å²) in [7, 11) is 0. The molecule has 2 unspecified atom stereocenters. The van der Waals surface area contributed by atoms with E-state index in [0.717, 1.165) is 6.21 Å². The van der Waals surface area contributed by atoms with Gasteiger partial charge < -0.3 is 20.5 Å². The zero-order chi connectivity index (χ0) is 15.6. The average Bonchev–Trinajstić information content (AvgIpc) is 2.79. The van der Waals surface area contributed by atoms with Crippen LogP contribution >= 0.6 is 0 Å². The third-order valence-corrected chi connectivity index (χ3v) is 3.56. The van der Waals surface area contributed by atoms with Crippen LogP contribution in [0, 0.1) is 11.2 Å². The molecule has 3 N–H and O–H groups in total. The number of aliphatic hydroxyl groups excluding tert-OH is 2. The fourth-order valence-corrected chi connectivity index (χ4v) is 2.43. The molecule has 2 atom stereocenters. The van der Waals surface area contributed by atoms with Crippen LogP contribution in [0.5, 0.6) is 0 Å². The maximum absolute atomic E-state index is 12.9. The Hall–Kier alpha value is -2.21. The smallest absolute Gasteiger partial charge is 0.259 e. The van der Waals surface area contributed by atoms with Gasteiger partial charge in [-0.3, -0.25) is 4.79 Å². The highest BCUT2D eigenvalue weighted by Crippen LogP contribution is 2.23. The number of benzene rings is 1. The molecule has 1 fully saturated rings. The van der Waals surface area contributed by atoms with Crippen LogP contribution in [0.25, 0.3) is 5.76 Å². The molecule has 1 aliphatic rings. The number of nitrogens with one attached hydrogen (secondary N) is 1. The zero-order valence-electron chi connectivity index (χ0n) is 11.6. The van der Waals surface area contributed by atoms with Gasteiger partial charge in [0.1, 0.15) is 11.6 Å². The highest BCUT2D eigenvalue weighted by atomic mass is 19.1. The number of hydrogen-bond acceptors (Lipinski definition) is 4. The summed E-state index contributed by atoms with van der Waals surface area (Å²) in [5, 5.41) is 27.1. The van der Waals surface area contributed by atoms with Gasteiger partial charge in [-0.25, -0.2) is 4.39 Å². The molecular weight excluding hydrogens is 275 g/mol. The number of amides is 1. The lowest BCUT2D eigenvalue weighted by Crippen LogP contribution is -2.36. The van der Waals surface area contributed by atoms with Gasteiger partial charge in [0.05, 0.1) is 11.7 Å². The number of carbonyl (C=O) groups excluding carboxylic acids is 1. The summed E-state index contributed by atoms with van der Waals surface area (Å²) in [6.45, 7) is 1.97. The minimum Gasteiger partial charge on any atom is -0.506 e. The quantitative estimate of drug-likeness (QED) is 0.450. The van der Waals surface area contributed by atoms with Crippen molar-refractivity contribution in [3.05, 3.63) is 41.2 Å². The maximum atomic E-state index is 12.9. The Morgan fingerprint density at radius 1 is 1.43 bits per heavy atom. The predicted octanol–water partition coefficient (Wildman–Crippen LogP) is 1.73. The number of nitrogens with zero attached hydrogens (tertiary/aromatic N) is 1. The van der Waals surface area contributed by atoms with E-state index in [1.807, 2.05) is 0 Å². The van der Waals surface area contributed by atoms with Crippen molar-refractivity contribution in [1.29, 1.82) is 5.41 Å². The Labute approximate surface area is 121 Å². The lowest BCUT2D eigenvalue weighted by atomic mass is 10.1. The molecule has 0 spiro atoms. The van der Waals surface area contributed by atoms with Crippen molar-refractivity contribution >= 4 is 17.9 Å². The van der Waals surface area contributed by atoms with Crippen LogP contribution in [-0.2, 0) is 4.79 Å². The molecule has 0 aromatic heterocycles. The molecule has 1 aromatic carbocycles. The van der Waals surface area contributed by atoms with Crippen LogP contribution in [0.2, 0.25) is 0 Å². The first-order valence-electron chi connectivity index (χ1n) is 6.62. The van der Waals surface area contributed by atoms with Gasteiger partial charge in [-0.2, -0.15) is 0 Å². The Bertz CT molecular complexity index is 583. The summed E-state index contributed by atoms with van der Waals surface area (Å²) in [6.07, 6.45) is 0.649. The van der Waals surface area contributed by atoms with Gasteiger partial charge in [0.2, 0.25) is 0 Å². The minimum atomic E-state index is -0.594. The van der Waals surface area contributed by atoms with E-state index < -0.39 is 17.8 Å². The summed E-state index contributed by atoms with van der Waals surface area (Å²) in [6, 6.07) is 4.84. The van der Waals surface area contributed by atoms with Crippen LogP contribution in [0.1, 0.15) is 18.9 Å². The summed E-state index contributed by atoms with van der Waals surface area (Å²) in [5.74, 6) is -1.34. The largest absolute Gasteiger partial charge is 0.506 e. The standard InChI is InChI=1S/C15H17FN2O3/c1-9-6-12(19)8-18(9)15(21)13(7-17)14(20)10-2-4-11(16)5-3-10/h2-5,7,9,12,17,19-20H,6,8H2,1H3/b14-13+,17-7?. The number of halogens is 1. The molecule has 1 aromatic rings. The number of aliphatic hydroxyl groups is 2. The molecule has 5 nitrogen and oxygen atoms in total. The molecule has 0 bridgehead atoms. The molecule has 1 saturated heterocycles. The first kappa shape index (κ1) is 15.2. The Morgan fingerprint density at radius 2 is 2.05 bits per heavy atom. The van der Waals surface area contributed by atoms with E-state index in [1.54, 1.807) is 6.92 Å². The highest BCUT2D eigenvalue weighted by molar-refractivity contribution is 6.16. The average molecular weight is 292 g/mol. The third-order valence-electron chi connectivity index (χ3n) is 3.56. The van der Waals surface area contributed by atoms with E-state index in [4.69, 9.17) is 5.41 Å². The van der Waals surface area contributed by atoms with Crippen LogP contribution in [0.4, 0.5) is 4.39 Å². The molecule has 21 heavy (non-hydrogen) atoms. The van der Waals surface area contributed by atoms with Gasteiger partial charge >= 0.3 is 0 Å². The fraction of sp³-hybridized carbons (Fsp3) is 0.333. The molecule has 6 heteroatoms. The molecule has 1 heterocycles. The molecule has 1 amide bonds. The topological polar surface area (TPSA) is 84.6 Å². The number of β-amino-alcohol motifs (C(OH)–C–C–N with tert-alkyl or cyclic N) is 1. The van der Waals surface area contributed by atoms with Crippen molar-refractivity contribution in [3.63, 3.8) is 0 Å². The number of likely N-dealkylation sites (tertiary alicyclic amines) is 1. The van der Waals surface area contributed by atoms with Crippen molar-refractivity contribution in [3.8, 4) is 0 Å². The molecule has 0 radical (unpaired) electrons. The van der Waals surface area contributed by atoms with E-state index in [9.17, 15) is 19.4 Å². The van der Waals surface area contributed by atoms with Gasteiger partial charge in [-0.05, 0) is 37.6 Å². The normalized spacial score (nSPS) is 22.9. The van der Waals surface area contributed by atoms with Gasteiger partial charge in [-0.1, -0.05) is 0 Å². The monoisotopic (exact) mass is 292 g/mol. The van der Waals surface area contributed by atoms with Gasteiger partial charge in [0.25, 0.3) is 5.91 Å². The second-order valence-electron chi connectivity index (χ2n) is 5.11. The van der Waals surface area contributed by atoms with E-state index in [-0.39, 0.29) is 29.5 Å². The number of rotatable bonds is 3. The minimum absolute atomic E-state index is 0.163. The molecule has 0 saturated carbocycles. The Morgan fingerprint density at radius 3 is 2.52 bits per heavy atom. The van der Waals surface area contributed by atoms with Gasteiger partial charge in [-0.15, -0.1) is 0 Å². The molecule has 0 aliphatic carbocycles. The van der Waals surface area contributed by atoms with Gasteiger partial charge in [0.15, 0.2) is 0 Å². The van der Waals surface area contributed by atoms with Crippen molar-refractivity contribution in [2.75, 3.05) is 6.54 Å². The van der Waals surface area contributed by atoms with Crippen molar-refractivity contribution in [2.45, 2.75) is 25.5 Å². The SMILES string of the molecule is CC1CC(O)CN1C(=O)/C(C=N)=C(/O)c1ccc(F)cc1. The van der Waals surface area contributed by atoms with Crippen molar-refractivity contribution in [2.24, 2.45) is 0 Å². The van der Waals surface area contributed by atoms with E-state index in [0.29, 0.717) is 6.42 Å². The van der Waals surface area contributed by atoms with Crippen LogP contribution in [-0.4, -0.2) is 45.9 Å². The molecule has 1 aliphatic heterocycles. The molecular formula is C15H17FN2O3. The fourth-order valence-electron chi connectivity index (χ4n) is 2.43. The predicted molar refractivity (Wildman–Crippen MR) is 76.5 cm³/mol. The zero-order valence-corrected chi connectivity index (χ0v) is 11.6. The molecule has 112 valence electrons. The third kappa shape index (κ3) is 3.11. The first-order chi connectivity index (χ1) is 9.93. The van der Waals surface area contributed by atoms with Crippen LogP contribution in [0.15, 0.2) is 29.8 Å².